The Morgan fingerprint density at radius 3 is 2.59 bits per heavy atom. The van der Waals surface area contributed by atoms with E-state index in [9.17, 15) is 4.79 Å². The zero-order valence-electron chi connectivity index (χ0n) is 18.4. The van der Waals surface area contributed by atoms with Gasteiger partial charge < -0.3 is 15.5 Å². The molecule has 1 atom stereocenters. The smallest absolute Gasteiger partial charge is 0.239 e. The fourth-order valence-corrected chi connectivity index (χ4v) is 3.72. The number of likely N-dealkylation sites (tertiary alicyclic amines) is 1. The van der Waals surface area contributed by atoms with Crippen LogP contribution >= 0.6 is 24.0 Å². The minimum Gasteiger partial charge on any atom is -0.357 e. The van der Waals surface area contributed by atoms with Crippen LogP contribution in [0.5, 0.6) is 0 Å². The van der Waals surface area contributed by atoms with Crippen LogP contribution in [0.3, 0.4) is 0 Å². The molecule has 1 aromatic carbocycles. The van der Waals surface area contributed by atoms with Gasteiger partial charge in [-0.05, 0) is 50.3 Å². The van der Waals surface area contributed by atoms with Gasteiger partial charge in [0, 0.05) is 33.7 Å². The van der Waals surface area contributed by atoms with E-state index < -0.39 is 0 Å². The lowest BCUT2D eigenvalue weighted by atomic mass is 10.1. The largest absolute Gasteiger partial charge is 0.357 e. The maximum absolute atomic E-state index is 12.3. The number of benzene rings is 1. The molecule has 2 N–H and O–H groups in total. The first-order valence-corrected chi connectivity index (χ1v) is 10.6. The lowest BCUT2D eigenvalue weighted by Crippen LogP contribution is -2.44. The Bertz CT molecular complexity index is 650. The number of aliphatic imine (C=N–C) groups is 1. The molecular weight excluding hydrogens is 477 g/mol. The van der Waals surface area contributed by atoms with Crippen molar-refractivity contribution in [3.63, 3.8) is 0 Å². The van der Waals surface area contributed by atoms with Crippen LogP contribution in [0, 0.1) is 0 Å². The monoisotopic (exact) mass is 515 g/mol. The Morgan fingerprint density at radius 2 is 1.93 bits per heavy atom. The van der Waals surface area contributed by atoms with Crippen LogP contribution in [0.25, 0.3) is 0 Å². The summed E-state index contributed by atoms with van der Waals surface area (Å²) in [5.74, 6) is 1.09. The summed E-state index contributed by atoms with van der Waals surface area (Å²) in [4.78, 5) is 21.1. The van der Waals surface area contributed by atoms with E-state index in [0.717, 1.165) is 57.8 Å². The number of hydrogen-bond acceptors (Lipinski definition) is 3. The predicted molar refractivity (Wildman–Crippen MR) is 132 cm³/mol. The summed E-state index contributed by atoms with van der Waals surface area (Å²) < 4.78 is 0. The zero-order chi connectivity index (χ0) is 20.4. The highest BCUT2D eigenvalue weighted by Gasteiger charge is 2.30. The summed E-state index contributed by atoms with van der Waals surface area (Å²) in [6.45, 7) is 8.59. The van der Waals surface area contributed by atoms with Crippen molar-refractivity contribution in [3.05, 3.63) is 35.4 Å². The predicted octanol–water partition coefficient (Wildman–Crippen LogP) is 2.86. The molecule has 0 bridgehead atoms. The van der Waals surface area contributed by atoms with Crippen molar-refractivity contribution in [2.45, 2.75) is 52.1 Å². The standard InChI is InChI=1S/C22H37N5O.HI/c1-5-18-11-7-8-12-19(18)17-25-22(23-6-2)24-14-10-16-27-15-9-13-20(27)21(28)26(3)4;/h7-8,11-12,20H,5-6,9-10,13-17H2,1-4H3,(H2,23,24,25);1H. The van der Waals surface area contributed by atoms with Crippen LogP contribution in [0.15, 0.2) is 29.3 Å². The van der Waals surface area contributed by atoms with Gasteiger partial charge in [-0.15, -0.1) is 24.0 Å². The van der Waals surface area contributed by atoms with E-state index in [0.29, 0.717) is 6.54 Å². The summed E-state index contributed by atoms with van der Waals surface area (Å²) in [7, 11) is 3.69. The van der Waals surface area contributed by atoms with Crippen molar-refractivity contribution in [2.75, 3.05) is 40.3 Å². The van der Waals surface area contributed by atoms with Crippen molar-refractivity contribution in [1.82, 2.24) is 20.4 Å². The van der Waals surface area contributed by atoms with E-state index in [1.165, 1.54) is 11.1 Å². The highest BCUT2D eigenvalue weighted by Crippen LogP contribution is 2.18. The molecule has 1 fully saturated rings. The third-order valence-electron chi connectivity index (χ3n) is 5.26. The number of aryl methyl sites for hydroxylation is 1. The summed E-state index contributed by atoms with van der Waals surface area (Å²) in [6, 6.07) is 8.55. The van der Waals surface area contributed by atoms with Gasteiger partial charge in [-0.25, -0.2) is 4.99 Å². The first-order chi connectivity index (χ1) is 13.6. The molecule has 0 aromatic heterocycles. The number of carbonyl (C=O) groups excluding carboxylic acids is 1. The van der Waals surface area contributed by atoms with Crippen LogP contribution < -0.4 is 10.6 Å². The van der Waals surface area contributed by atoms with Crippen LogP contribution in [0.2, 0.25) is 0 Å². The van der Waals surface area contributed by atoms with Gasteiger partial charge in [0.1, 0.15) is 0 Å². The van der Waals surface area contributed by atoms with Crippen molar-refractivity contribution in [3.8, 4) is 0 Å². The molecule has 7 heteroatoms. The molecule has 0 spiro atoms. The third-order valence-corrected chi connectivity index (χ3v) is 5.26. The second kappa shape index (κ2) is 13.8. The Morgan fingerprint density at radius 1 is 1.21 bits per heavy atom. The third kappa shape index (κ3) is 8.12. The number of guanidine groups is 1. The number of amides is 1. The molecule has 164 valence electrons. The Kier molecular flexibility index (Phi) is 12.2. The molecule has 1 saturated heterocycles. The lowest BCUT2D eigenvalue weighted by Gasteiger charge is -2.26. The maximum Gasteiger partial charge on any atom is 0.239 e. The molecule has 0 aliphatic carbocycles. The maximum atomic E-state index is 12.3. The Labute approximate surface area is 193 Å². The van der Waals surface area contributed by atoms with Gasteiger partial charge in [0.05, 0.1) is 12.6 Å². The second-order valence-corrected chi connectivity index (χ2v) is 7.52. The van der Waals surface area contributed by atoms with Crippen LogP contribution in [0.4, 0.5) is 0 Å². The van der Waals surface area contributed by atoms with E-state index in [1.807, 2.05) is 14.1 Å². The molecular formula is C22H38IN5O. The van der Waals surface area contributed by atoms with Gasteiger partial charge >= 0.3 is 0 Å². The number of hydrogen-bond donors (Lipinski definition) is 2. The van der Waals surface area contributed by atoms with Gasteiger partial charge in [0.2, 0.25) is 5.91 Å². The van der Waals surface area contributed by atoms with Crippen LogP contribution in [0.1, 0.15) is 44.2 Å². The van der Waals surface area contributed by atoms with E-state index >= 15 is 0 Å². The van der Waals surface area contributed by atoms with Crippen LogP contribution in [-0.4, -0.2) is 68.0 Å². The minimum absolute atomic E-state index is 0. The molecule has 1 aromatic rings. The fraction of sp³-hybridized carbons (Fsp3) is 0.636. The average Bonchev–Trinajstić information content (AvgIpc) is 3.17. The minimum atomic E-state index is 0. The molecule has 1 aliphatic heterocycles. The topological polar surface area (TPSA) is 60.0 Å². The van der Waals surface area contributed by atoms with Gasteiger partial charge in [-0.1, -0.05) is 31.2 Å². The normalized spacial score (nSPS) is 17.0. The fourth-order valence-electron chi connectivity index (χ4n) is 3.72. The Hall–Kier alpha value is -1.35. The average molecular weight is 515 g/mol. The second-order valence-electron chi connectivity index (χ2n) is 7.52. The zero-order valence-corrected chi connectivity index (χ0v) is 20.7. The quantitative estimate of drug-likeness (QED) is 0.230. The first kappa shape index (κ1) is 25.7. The number of likely N-dealkylation sites (N-methyl/N-ethyl adjacent to an activating group) is 1. The first-order valence-electron chi connectivity index (χ1n) is 10.6. The van der Waals surface area contributed by atoms with E-state index in [2.05, 4.69) is 53.6 Å². The number of nitrogens with zero attached hydrogens (tertiary/aromatic N) is 3. The van der Waals surface area contributed by atoms with Crippen molar-refractivity contribution in [1.29, 1.82) is 0 Å². The molecule has 2 rings (SSSR count). The summed E-state index contributed by atoms with van der Waals surface area (Å²) >= 11 is 0. The summed E-state index contributed by atoms with van der Waals surface area (Å²) in [6.07, 6.45) is 4.11. The molecule has 1 unspecified atom stereocenters. The summed E-state index contributed by atoms with van der Waals surface area (Å²) in [5, 5.41) is 6.76. The number of nitrogens with one attached hydrogen (secondary N) is 2. The molecule has 1 heterocycles. The lowest BCUT2D eigenvalue weighted by molar-refractivity contribution is -0.133. The van der Waals surface area contributed by atoms with Gasteiger partial charge in [-0.3, -0.25) is 9.69 Å². The van der Waals surface area contributed by atoms with Gasteiger partial charge in [0.25, 0.3) is 0 Å². The van der Waals surface area contributed by atoms with Crippen molar-refractivity contribution >= 4 is 35.8 Å². The van der Waals surface area contributed by atoms with Crippen molar-refractivity contribution < 1.29 is 4.79 Å². The molecule has 0 radical (unpaired) electrons. The van der Waals surface area contributed by atoms with Gasteiger partial charge in [-0.2, -0.15) is 0 Å². The highest BCUT2D eigenvalue weighted by molar-refractivity contribution is 14.0. The molecule has 29 heavy (non-hydrogen) atoms. The Balaban J connectivity index is 0.00000420. The van der Waals surface area contributed by atoms with E-state index in [1.54, 1.807) is 4.90 Å². The van der Waals surface area contributed by atoms with Crippen molar-refractivity contribution in [2.24, 2.45) is 4.99 Å². The summed E-state index contributed by atoms with van der Waals surface area (Å²) in [5.41, 5.74) is 2.64. The molecule has 1 aliphatic rings. The van der Waals surface area contributed by atoms with E-state index in [-0.39, 0.29) is 35.9 Å². The van der Waals surface area contributed by atoms with Crippen LogP contribution in [-0.2, 0) is 17.8 Å². The molecule has 0 saturated carbocycles. The van der Waals surface area contributed by atoms with Gasteiger partial charge in [0.15, 0.2) is 5.96 Å². The highest BCUT2D eigenvalue weighted by atomic mass is 127. The van der Waals surface area contributed by atoms with E-state index in [4.69, 9.17) is 4.99 Å². The number of halogens is 1. The number of rotatable bonds is 9. The number of carbonyl (C=O) groups is 1. The molecule has 6 nitrogen and oxygen atoms in total. The SMILES string of the molecule is CCNC(=NCc1ccccc1CC)NCCCN1CCCC1C(=O)N(C)C.I. The molecule has 1 amide bonds.